The van der Waals surface area contributed by atoms with Gasteiger partial charge in [-0.25, -0.2) is 0 Å². The van der Waals surface area contributed by atoms with Gasteiger partial charge in [-0.15, -0.1) is 6.42 Å². The van der Waals surface area contributed by atoms with E-state index < -0.39 is 0 Å². The van der Waals surface area contributed by atoms with Crippen molar-refractivity contribution < 1.29 is 58.2 Å². The number of nitrogens with one attached hydrogen (secondary N) is 1. The minimum Gasteiger partial charge on any atom is -0.462 e. The smallest absolute Gasteiger partial charge is 0.462 e. The van der Waals surface area contributed by atoms with Crippen molar-refractivity contribution in [2.45, 2.75) is 33.4 Å². The van der Waals surface area contributed by atoms with E-state index in [1.807, 2.05) is 6.92 Å². The van der Waals surface area contributed by atoms with E-state index in [9.17, 15) is 0 Å². The molecule has 0 bridgehead atoms. The van der Waals surface area contributed by atoms with Gasteiger partial charge in [0, 0.05) is 18.8 Å². The fraction of sp³-hybridized carbons (Fsp3) is 0.556. The summed E-state index contributed by atoms with van der Waals surface area (Å²) in [5, 5.41) is 7.78. The zero-order valence-corrected chi connectivity index (χ0v) is 13.5. The Morgan fingerprint density at radius 1 is 1.62 bits per heavy atom. The molecule has 0 unspecified atom stereocenters. The van der Waals surface area contributed by atoms with Crippen LogP contribution in [0, 0.1) is 13.0 Å². The number of fused-ring (bicyclic) bond motifs is 1. The van der Waals surface area contributed by atoms with Crippen molar-refractivity contribution in [2.24, 2.45) is 0 Å². The summed E-state index contributed by atoms with van der Waals surface area (Å²) in [6, 6.07) is 3.50. The normalized spacial score (nSPS) is 17.4. The van der Waals surface area contributed by atoms with Gasteiger partial charge in [0.25, 0.3) is 0 Å². The molecule has 2 heterocycles. The van der Waals surface area contributed by atoms with Crippen LogP contribution in [0.4, 0.5) is 0 Å². The van der Waals surface area contributed by atoms with E-state index in [0.717, 1.165) is 25.2 Å². The van der Waals surface area contributed by atoms with Gasteiger partial charge in [0.2, 0.25) is 0 Å². The van der Waals surface area contributed by atoms with E-state index >= 15 is 0 Å². The third-order valence-corrected chi connectivity index (χ3v) is 2.26. The first-order valence-corrected chi connectivity index (χ1v) is 4.35. The number of rotatable bonds is 0. The van der Waals surface area contributed by atoms with Crippen molar-refractivity contribution >= 4 is 0 Å². The maximum atomic E-state index is 4.41. The van der Waals surface area contributed by atoms with Gasteiger partial charge in [-0.3, -0.25) is 10.7 Å². The molecule has 3 nitrogen and oxygen atoms in total. The Balaban J connectivity index is 0.000000845. The van der Waals surface area contributed by atoms with Gasteiger partial charge >= 0.3 is 58.2 Å². The third-order valence-electron chi connectivity index (χ3n) is 2.26. The summed E-state index contributed by atoms with van der Waals surface area (Å²) in [6.07, 6.45) is 1.09. The molecule has 0 aromatic carbocycles. The average molecular weight is 250 g/mol. The van der Waals surface area contributed by atoms with Crippen LogP contribution in [-0.4, -0.2) is 9.78 Å². The summed E-state index contributed by atoms with van der Waals surface area (Å²) in [7, 11) is 0. The van der Waals surface area contributed by atoms with Crippen LogP contribution in [0.25, 0.3) is 0 Å². The van der Waals surface area contributed by atoms with Crippen LogP contribution >= 0.6 is 0 Å². The first-order valence-electron chi connectivity index (χ1n) is 4.35. The number of aromatic nitrogens is 2. The van der Waals surface area contributed by atoms with Crippen molar-refractivity contribution in [3.63, 3.8) is 0 Å². The molecule has 1 aliphatic rings. The minimum absolute atomic E-state index is 0. The molecule has 66 valence electrons. The molecule has 1 aromatic rings. The van der Waals surface area contributed by atoms with Gasteiger partial charge in [0.15, 0.2) is 0 Å². The predicted octanol–water partition coefficient (Wildman–Crippen LogP) is -1.76. The zero-order valence-electron chi connectivity index (χ0n) is 8.59. The summed E-state index contributed by atoms with van der Waals surface area (Å²) in [6.45, 7) is 6.12. The Morgan fingerprint density at radius 3 is 3.15 bits per heavy atom. The first-order chi connectivity index (χ1) is 5.75. The molecule has 13 heavy (non-hydrogen) atoms. The van der Waals surface area contributed by atoms with E-state index in [-0.39, 0.29) is 58.2 Å². The van der Waals surface area contributed by atoms with Crippen LogP contribution in [0.5, 0.6) is 0 Å². The SMILES string of the molecule is Cc1cc2n(n1)CC[C-](C)NC2.[Rb+]. The van der Waals surface area contributed by atoms with Crippen molar-refractivity contribution in [3.8, 4) is 0 Å². The Bertz CT molecular complexity index is 257. The monoisotopic (exact) mass is 249 g/mol. The minimum atomic E-state index is 0. The molecule has 1 N–H and O–H groups in total. The van der Waals surface area contributed by atoms with E-state index in [1.54, 1.807) is 0 Å². The largest absolute Gasteiger partial charge is 1.00 e. The molecule has 4 heteroatoms. The van der Waals surface area contributed by atoms with Gasteiger partial charge in [0.05, 0.1) is 5.69 Å². The van der Waals surface area contributed by atoms with E-state index in [2.05, 4.69) is 28.1 Å². The molecule has 0 spiro atoms. The van der Waals surface area contributed by atoms with Crippen LogP contribution in [0.1, 0.15) is 24.7 Å². The molecule has 0 saturated heterocycles. The molecule has 0 aliphatic carbocycles. The van der Waals surface area contributed by atoms with Gasteiger partial charge in [-0.05, 0) is 13.0 Å². The van der Waals surface area contributed by atoms with Gasteiger partial charge in [0.1, 0.15) is 0 Å². The summed E-state index contributed by atoms with van der Waals surface area (Å²) < 4.78 is 2.10. The quantitative estimate of drug-likeness (QED) is 0.553. The molecule has 1 aromatic heterocycles. The molecular weight excluding hydrogens is 236 g/mol. The standard InChI is InChI=1S/C9H14N3.Rb/c1-7-3-4-12-9(6-10-7)5-8(2)11-12;/h5,10H,3-4,6H2,1-2H3;/q-1;+1. The summed E-state index contributed by atoms with van der Waals surface area (Å²) in [5.74, 6) is 0. The number of hydrogen-bond acceptors (Lipinski definition) is 2. The topological polar surface area (TPSA) is 29.9 Å². The van der Waals surface area contributed by atoms with Crippen LogP contribution < -0.4 is 63.5 Å². The fourth-order valence-electron chi connectivity index (χ4n) is 1.54. The number of hydrogen-bond donors (Lipinski definition) is 1. The maximum Gasteiger partial charge on any atom is 1.00 e. The van der Waals surface area contributed by atoms with Gasteiger partial charge < -0.3 is 5.32 Å². The van der Waals surface area contributed by atoms with Gasteiger partial charge in [-0.2, -0.15) is 12.0 Å². The molecular formula is C9H14N3Rb. The van der Waals surface area contributed by atoms with Crippen LogP contribution in [-0.2, 0) is 13.1 Å². The summed E-state index contributed by atoms with van der Waals surface area (Å²) in [4.78, 5) is 0. The Labute approximate surface area is 128 Å². The Hall–Kier alpha value is 0.975. The van der Waals surface area contributed by atoms with Crippen molar-refractivity contribution in [2.75, 3.05) is 0 Å². The van der Waals surface area contributed by atoms with Crippen molar-refractivity contribution in [3.05, 3.63) is 23.5 Å². The Kier molecular flexibility index (Phi) is 4.79. The van der Waals surface area contributed by atoms with Gasteiger partial charge in [-0.1, -0.05) is 0 Å². The molecule has 0 saturated carbocycles. The molecule has 0 atom stereocenters. The third kappa shape index (κ3) is 2.96. The fourth-order valence-corrected chi connectivity index (χ4v) is 1.54. The second-order valence-electron chi connectivity index (χ2n) is 3.38. The van der Waals surface area contributed by atoms with Crippen LogP contribution in [0.15, 0.2) is 6.07 Å². The van der Waals surface area contributed by atoms with Crippen LogP contribution in [0.2, 0.25) is 0 Å². The summed E-state index contributed by atoms with van der Waals surface area (Å²) in [5.41, 5.74) is 2.41. The average Bonchev–Trinajstić information content (AvgIpc) is 2.31. The Morgan fingerprint density at radius 2 is 2.38 bits per heavy atom. The zero-order chi connectivity index (χ0) is 8.55. The van der Waals surface area contributed by atoms with Crippen LogP contribution in [0.3, 0.4) is 0 Å². The second-order valence-corrected chi connectivity index (χ2v) is 3.38. The number of nitrogens with zero attached hydrogens (tertiary/aromatic N) is 2. The second kappa shape index (κ2) is 5.17. The van der Waals surface area contributed by atoms with E-state index in [4.69, 9.17) is 0 Å². The first kappa shape index (κ1) is 12.0. The number of aryl methyl sites for hydroxylation is 2. The molecule has 0 fully saturated rings. The predicted molar refractivity (Wildman–Crippen MR) is 47.3 cm³/mol. The molecule has 0 radical (unpaired) electrons. The summed E-state index contributed by atoms with van der Waals surface area (Å²) >= 11 is 0. The van der Waals surface area contributed by atoms with Crippen molar-refractivity contribution in [1.82, 2.24) is 15.1 Å². The molecule has 0 amide bonds. The van der Waals surface area contributed by atoms with E-state index in [1.165, 1.54) is 11.7 Å². The van der Waals surface area contributed by atoms with Crippen molar-refractivity contribution in [1.29, 1.82) is 0 Å². The maximum absolute atomic E-state index is 4.41. The molecule has 1 aliphatic heterocycles. The molecule has 2 rings (SSSR count). The van der Waals surface area contributed by atoms with E-state index in [0.29, 0.717) is 0 Å².